The Morgan fingerprint density at radius 2 is 2.21 bits per heavy atom. The molecule has 1 N–H and O–H groups in total. The summed E-state index contributed by atoms with van der Waals surface area (Å²) in [6.07, 6.45) is 3.36. The van der Waals surface area contributed by atoms with Crippen molar-refractivity contribution in [1.82, 2.24) is 24.4 Å². The highest BCUT2D eigenvalue weighted by molar-refractivity contribution is 7.89. The molecule has 1 aliphatic rings. The summed E-state index contributed by atoms with van der Waals surface area (Å²) in [4.78, 5) is 0. The molecule has 2 heterocycles. The van der Waals surface area contributed by atoms with E-state index in [1.165, 1.54) is 4.31 Å². The lowest BCUT2D eigenvalue weighted by Crippen LogP contribution is -2.39. The Morgan fingerprint density at radius 3 is 3.00 bits per heavy atom. The van der Waals surface area contributed by atoms with Crippen molar-refractivity contribution in [1.29, 1.82) is 0 Å². The fourth-order valence-corrected chi connectivity index (χ4v) is 3.53. The van der Waals surface area contributed by atoms with Crippen LogP contribution in [0.15, 0.2) is 6.33 Å². The number of nitrogens with one attached hydrogen (secondary N) is 1. The second-order valence-corrected chi connectivity index (χ2v) is 6.78. The van der Waals surface area contributed by atoms with Crippen molar-refractivity contribution in [2.45, 2.75) is 32.9 Å². The van der Waals surface area contributed by atoms with Gasteiger partial charge in [0.15, 0.2) is 0 Å². The van der Waals surface area contributed by atoms with Gasteiger partial charge in [-0.2, -0.15) is 4.31 Å². The third kappa shape index (κ3) is 3.74. The minimum Gasteiger partial charge on any atom is -0.317 e. The maximum absolute atomic E-state index is 12.2. The Morgan fingerprint density at radius 1 is 1.37 bits per heavy atom. The fraction of sp³-hybridized carbons (Fsp3) is 0.818. The largest absolute Gasteiger partial charge is 0.317 e. The molecule has 0 spiro atoms. The average Bonchev–Trinajstić information content (AvgIpc) is 2.85. The molecule has 2 rings (SSSR count). The van der Waals surface area contributed by atoms with Crippen LogP contribution in [0.1, 0.15) is 25.6 Å². The minimum atomic E-state index is -3.18. The Kier molecular flexibility index (Phi) is 4.89. The highest BCUT2D eigenvalue weighted by Gasteiger charge is 2.27. The van der Waals surface area contributed by atoms with Crippen LogP contribution in [0.2, 0.25) is 0 Å². The molecule has 0 radical (unpaired) electrons. The van der Waals surface area contributed by atoms with Gasteiger partial charge in [0.25, 0.3) is 0 Å². The zero-order chi connectivity index (χ0) is 13.7. The molecule has 0 saturated carbocycles. The van der Waals surface area contributed by atoms with Crippen molar-refractivity contribution in [2.75, 3.05) is 25.4 Å². The maximum atomic E-state index is 12.2. The van der Waals surface area contributed by atoms with E-state index in [9.17, 15) is 8.42 Å². The predicted octanol–water partition coefficient (Wildman–Crippen LogP) is -0.187. The van der Waals surface area contributed by atoms with Crippen molar-refractivity contribution in [2.24, 2.45) is 0 Å². The van der Waals surface area contributed by atoms with E-state index in [1.807, 2.05) is 4.57 Å². The molecule has 8 heteroatoms. The molecule has 1 aromatic rings. The van der Waals surface area contributed by atoms with Gasteiger partial charge >= 0.3 is 0 Å². The normalized spacial score (nSPS) is 16.5. The summed E-state index contributed by atoms with van der Waals surface area (Å²) in [6.45, 7) is 5.26. The van der Waals surface area contributed by atoms with Crippen LogP contribution in [0.4, 0.5) is 0 Å². The third-order valence-electron chi connectivity index (χ3n) is 3.18. The van der Waals surface area contributed by atoms with E-state index in [-0.39, 0.29) is 5.75 Å². The summed E-state index contributed by atoms with van der Waals surface area (Å²) < 4.78 is 27.8. The Bertz CT molecular complexity index is 499. The zero-order valence-electron chi connectivity index (χ0n) is 11.2. The van der Waals surface area contributed by atoms with Crippen molar-refractivity contribution in [3.63, 3.8) is 0 Å². The summed E-state index contributed by atoms with van der Waals surface area (Å²) in [5.74, 6) is 0.914. The van der Waals surface area contributed by atoms with Crippen LogP contribution in [0, 0.1) is 0 Å². The molecule has 1 aliphatic heterocycles. The molecule has 0 saturated heterocycles. The standard InChI is InChI=1S/C11H21N5O2S/c1-2-4-12-5-3-8-19(17,18)16-7-6-15-10-13-14-11(15)9-16/h10,12H,2-9H2,1H3. The second kappa shape index (κ2) is 6.44. The lowest BCUT2D eigenvalue weighted by atomic mass is 10.4. The van der Waals surface area contributed by atoms with E-state index in [4.69, 9.17) is 0 Å². The van der Waals surface area contributed by atoms with Gasteiger partial charge in [0, 0.05) is 13.1 Å². The van der Waals surface area contributed by atoms with Crippen LogP contribution >= 0.6 is 0 Å². The molecule has 0 bridgehead atoms. The van der Waals surface area contributed by atoms with Crippen LogP contribution in [0.5, 0.6) is 0 Å². The van der Waals surface area contributed by atoms with Gasteiger partial charge in [0.1, 0.15) is 12.2 Å². The van der Waals surface area contributed by atoms with E-state index in [2.05, 4.69) is 22.4 Å². The lowest BCUT2D eigenvalue weighted by molar-refractivity contribution is 0.335. The molecule has 19 heavy (non-hydrogen) atoms. The maximum Gasteiger partial charge on any atom is 0.214 e. The monoisotopic (exact) mass is 287 g/mol. The van der Waals surface area contributed by atoms with E-state index < -0.39 is 10.0 Å². The number of hydrogen-bond donors (Lipinski definition) is 1. The van der Waals surface area contributed by atoms with Gasteiger partial charge in [-0.25, -0.2) is 8.42 Å². The van der Waals surface area contributed by atoms with Gasteiger partial charge < -0.3 is 9.88 Å². The number of aromatic nitrogens is 3. The number of sulfonamides is 1. The van der Waals surface area contributed by atoms with E-state index in [1.54, 1.807) is 6.33 Å². The minimum absolute atomic E-state index is 0.192. The van der Waals surface area contributed by atoms with Gasteiger partial charge in [0.05, 0.1) is 12.3 Å². The first-order chi connectivity index (χ1) is 9.13. The molecule has 0 atom stereocenters. The number of rotatable bonds is 7. The van der Waals surface area contributed by atoms with Gasteiger partial charge in [-0.05, 0) is 25.9 Å². The first kappa shape index (κ1) is 14.4. The highest BCUT2D eigenvalue weighted by atomic mass is 32.2. The van der Waals surface area contributed by atoms with Crippen molar-refractivity contribution in [3.8, 4) is 0 Å². The Balaban J connectivity index is 1.84. The molecule has 0 amide bonds. The molecule has 0 unspecified atom stereocenters. The third-order valence-corrected chi connectivity index (χ3v) is 5.08. The molecule has 0 aromatic carbocycles. The quantitative estimate of drug-likeness (QED) is 0.703. The first-order valence-corrected chi connectivity index (χ1v) is 8.29. The highest BCUT2D eigenvalue weighted by Crippen LogP contribution is 2.14. The van der Waals surface area contributed by atoms with Gasteiger partial charge in [-0.3, -0.25) is 0 Å². The van der Waals surface area contributed by atoms with Gasteiger partial charge in [-0.1, -0.05) is 6.92 Å². The molecular weight excluding hydrogens is 266 g/mol. The van der Waals surface area contributed by atoms with Crippen LogP contribution in [-0.4, -0.2) is 52.9 Å². The number of hydrogen-bond acceptors (Lipinski definition) is 5. The summed E-state index contributed by atoms with van der Waals surface area (Å²) in [7, 11) is -3.18. The Hall–Kier alpha value is -0.990. The van der Waals surface area contributed by atoms with E-state index in [0.29, 0.717) is 26.1 Å². The number of nitrogens with zero attached hydrogens (tertiary/aromatic N) is 4. The second-order valence-electron chi connectivity index (χ2n) is 4.69. The zero-order valence-corrected chi connectivity index (χ0v) is 12.1. The summed E-state index contributed by atoms with van der Waals surface area (Å²) in [6, 6.07) is 0. The number of fused-ring (bicyclic) bond motifs is 1. The van der Waals surface area contributed by atoms with Crippen molar-refractivity contribution < 1.29 is 8.42 Å². The average molecular weight is 287 g/mol. The van der Waals surface area contributed by atoms with Crippen LogP contribution in [0.3, 0.4) is 0 Å². The van der Waals surface area contributed by atoms with Crippen molar-refractivity contribution >= 4 is 10.0 Å². The predicted molar refractivity (Wildman–Crippen MR) is 72.0 cm³/mol. The smallest absolute Gasteiger partial charge is 0.214 e. The van der Waals surface area contributed by atoms with Gasteiger partial charge in [-0.15, -0.1) is 10.2 Å². The van der Waals surface area contributed by atoms with Crippen LogP contribution < -0.4 is 5.32 Å². The molecule has 0 aliphatic carbocycles. The van der Waals surface area contributed by atoms with Gasteiger partial charge in [0.2, 0.25) is 10.0 Å². The molecule has 0 fully saturated rings. The summed E-state index contributed by atoms with van der Waals surface area (Å²) >= 11 is 0. The molecule has 7 nitrogen and oxygen atoms in total. The van der Waals surface area contributed by atoms with E-state index >= 15 is 0 Å². The van der Waals surface area contributed by atoms with Crippen LogP contribution in [-0.2, 0) is 23.1 Å². The lowest BCUT2D eigenvalue weighted by Gasteiger charge is -2.26. The fourth-order valence-electron chi connectivity index (χ4n) is 2.09. The van der Waals surface area contributed by atoms with Crippen molar-refractivity contribution in [3.05, 3.63) is 12.2 Å². The SMILES string of the molecule is CCCNCCCS(=O)(=O)N1CCn2cnnc2C1. The molecule has 1 aromatic heterocycles. The summed E-state index contributed by atoms with van der Waals surface area (Å²) in [5, 5.41) is 10.9. The molecular formula is C11H21N5O2S. The van der Waals surface area contributed by atoms with Crippen LogP contribution in [0.25, 0.3) is 0 Å². The topological polar surface area (TPSA) is 80.1 Å². The Labute approximate surface area is 114 Å². The van der Waals surface area contributed by atoms with E-state index in [0.717, 1.165) is 25.3 Å². The molecule has 108 valence electrons. The summed E-state index contributed by atoms with van der Waals surface area (Å²) in [5.41, 5.74) is 0. The first-order valence-electron chi connectivity index (χ1n) is 6.68.